The van der Waals surface area contributed by atoms with E-state index in [1.165, 1.54) is 68.1 Å². The van der Waals surface area contributed by atoms with Crippen LogP contribution in [0.3, 0.4) is 0 Å². The number of hydrogen-bond donors (Lipinski definition) is 3. The Morgan fingerprint density at radius 3 is 2.22 bits per heavy atom. The molecular formula is C47H75FN2O4. The van der Waals surface area contributed by atoms with E-state index in [0.717, 1.165) is 13.0 Å². The number of allylic oxidation sites excluding steroid dienone is 5. The molecule has 54 heavy (non-hydrogen) atoms. The number of aliphatic carboxylic acids is 1. The van der Waals surface area contributed by atoms with Crippen molar-refractivity contribution in [2.24, 2.45) is 56.7 Å². The van der Waals surface area contributed by atoms with Gasteiger partial charge in [0, 0.05) is 25.6 Å². The largest absolute Gasteiger partial charge is 0.481 e. The van der Waals surface area contributed by atoms with Crippen molar-refractivity contribution in [3.8, 4) is 0 Å². The van der Waals surface area contributed by atoms with E-state index in [4.69, 9.17) is 0 Å². The van der Waals surface area contributed by atoms with Gasteiger partial charge in [-0.1, -0.05) is 65.8 Å². The summed E-state index contributed by atoms with van der Waals surface area (Å²) in [5, 5.41) is 25.6. The van der Waals surface area contributed by atoms with Crippen LogP contribution in [-0.2, 0) is 9.59 Å². The third-order valence-corrected chi connectivity index (χ3v) is 18.3. The van der Waals surface area contributed by atoms with Gasteiger partial charge in [0.2, 0.25) is 5.91 Å². The van der Waals surface area contributed by atoms with E-state index in [9.17, 15) is 24.2 Å². The van der Waals surface area contributed by atoms with Crippen molar-refractivity contribution in [3.05, 3.63) is 35.5 Å². The van der Waals surface area contributed by atoms with Crippen molar-refractivity contribution in [1.82, 2.24) is 10.2 Å². The van der Waals surface area contributed by atoms with E-state index < -0.39 is 23.7 Å². The standard InChI is InChI=1S/C47H75FN2O4/c1-11-35(33-14-19-45(30-48,20-15-33)40(52)53)41(5,6)37-17-18-44(10)38(42(37,7)8)13-12-36-39-34(31(2)3)16-21-47(39,23-22-43(36,44)9)49-27-24-46(54)25-28-50(29-26-46)32(4)51/h11,14,34,36-39,49,54H,2,12-13,15-30H2,1,3-10H3,(H,52,53)/b35-11-/t34-,36+,37-,38+,39+,43+,44+,45-,47-/m0/s1. The predicted molar refractivity (Wildman–Crippen MR) is 216 cm³/mol. The van der Waals surface area contributed by atoms with Gasteiger partial charge >= 0.3 is 5.97 Å². The molecule has 1 saturated heterocycles. The van der Waals surface area contributed by atoms with Gasteiger partial charge in [-0.15, -0.1) is 0 Å². The van der Waals surface area contributed by atoms with Gasteiger partial charge in [0.25, 0.3) is 0 Å². The van der Waals surface area contributed by atoms with Crippen LogP contribution >= 0.6 is 0 Å². The summed E-state index contributed by atoms with van der Waals surface area (Å²) in [6, 6.07) is 0. The number of halogens is 1. The maximum Gasteiger partial charge on any atom is 0.312 e. The lowest BCUT2D eigenvalue weighted by Crippen LogP contribution is -2.67. The van der Waals surface area contributed by atoms with Crippen LogP contribution in [0.15, 0.2) is 35.5 Å². The molecule has 4 saturated carbocycles. The predicted octanol–water partition coefficient (Wildman–Crippen LogP) is 10.1. The first kappa shape index (κ1) is 41.6. The van der Waals surface area contributed by atoms with Gasteiger partial charge in [-0.3, -0.25) is 9.59 Å². The Morgan fingerprint density at radius 2 is 1.67 bits per heavy atom. The minimum Gasteiger partial charge on any atom is -0.481 e. The molecule has 6 nitrogen and oxygen atoms in total. The molecule has 9 atom stereocenters. The summed E-state index contributed by atoms with van der Waals surface area (Å²) in [6.45, 7) is 27.3. The zero-order valence-electron chi connectivity index (χ0n) is 35.5. The Bertz CT molecular complexity index is 1540. The number of fused-ring (bicyclic) bond motifs is 5. The van der Waals surface area contributed by atoms with Gasteiger partial charge < -0.3 is 20.4 Å². The molecule has 1 aliphatic heterocycles. The molecule has 6 rings (SSSR count). The van der Waals surface area contributed by atoms with E-state index in [2.05, 4.69) is 79.4 Å². The number of alkyl halides is 1. The number of carbonyl (C=O) groups is 2. The van der Waals surface area contributed by atoms with E-state index in [1.54, 1.807) is 6.92 Å². The van der Waals surface area contributed by atoms with Crippen LogP contribution in [0, 0.1) is 56.7 Å². The third-order valence-electron chi connectivity index (χ3n) is 18.3. The number of carboxylic acids is 1. The molecule has 3 N–H and O–H groups in total. The summed E-state index contributed by atoms with van der Waals surface area (Å²) >= 11 is 0. The number of piperidine rings is 1. The number of nitrogens with zero attached hydrogens (tertiary/aromatic N) is 1. The highest BCUT2D eigenvalue weighted by molar-refractivity contribution is 5.75. The van der Waals surface area contributed by atoms with Crippen molar-refractivity contribution < 1.29 is 24.2 Å². The number of rotatable bonds is 10. The molecule has 0 unspecified atom stereocenters. The molecule has 0 radical (unpaired) electrons. The van der Waals surface area contributed by atoms with Gasteiger partial charge in [0.05, 0.1) is 11.0 Å². The number of likely N-dealkylation sites (tertiary alicyclic amines) is 1. The second-order valence-electron chi connectivity index (χ2n) is 21.1. The van der Waals surface area contributed by atoms with Gasteiger partial charge in [0.15, 0.2) is 0 Å². The minimum absolute atomic E-state index is 0.0804. The fourth-order valence-electron chi connectivity index (χ4n) is 15.0. The Kier molecular flexibility index (Phi) is 11.1. The molecular weight excluding hydrogens is 676 g/mol. The summed E-state index contributed by atoms with van der Waals surface area (Å²) in [5.41, 5.74) is 2.42. The number of amides is 1. The molecule has 7 heteroatoms. The highest BCUT2D eigenvalue weighted by atomic mass is 19.1. The maximum absolute atomic E-state index is 14.0. The van der Waals surface area contributed by atoms with E-state index in [0.29, 0.717) is 68.4 Å². The van der Waals surface area contributed by atoms with Crippen molar-refractivity contribution in [3.63, 3.8) is 0 Å². The van der Waals surface area contributed by atoms with Crippen molar-refractivity contribution in [1.29, 1.82) is 0 Å². The topological polar surface area (TPSA) is 89.9 Å². The van der Waals surface area contributed by atoms with Crippen LogP contribution < -0.4 is 5.32 Å². The van der Waals surface area contributed by atoms with Crippen LogP contribution in [0.1, 0.15) is 152 Å². The van der Waals surface area contributed by atoms with E-state index >= 15 is 0 Å². The second kappa shape index (κ2) is 14.4. The molecule has 0 bridgehead atoms. The minimum atomic E-state index is -1.28. The Morgan fingerprint density at radius 1 is 0.981 bits per heavy atom. The Hall–Kier alpha value is -1.99. The smallest absolute Gasteiger partial charge is 0.312 e. The van der Waals surface area contributed by atoms with Gasteiger partial charge in [0.1, 0.15) is 6.67 Å². The first-order chi connectivity index (χ1) is 25.2. The number of carboxylic acid groups (broad SMARTS) is 1. The van der Waals surface area contributed by atoms with Crippen molar-refractivity contribution in [2.45, 2.75) is 163 Å². The summed E-state index contributed by atoms with van der Waals surface area (Å²) in [6.07, 6.45) is 17.3. The average Bonchev–Trinajstić information content (AvgIpc) is 3.49. The molecule has 1 amide bonds. The molecule has 0 aromatic rings. The fourth-order valence-corrected chi connectivity index (χ4v) is 15.0. The summed E-state index contributed by atoms with van der Waals surface area (Å²) < 4.78 is 14.0. The first-order valence-corrected chi connectivity index (χ1v) is 21.7. The Balaban J connectivity index is 1.22. The van der Waals surface area contributed by atoms with Crippen LogP contribution in [0.2, 0.25) is 0 Å². The zero-order chi connectivity index (χ0) is 39.7. The molecule has 6 aliphatic rings. The quantitative estimate of drug-likeness (QED) is 0.194. The summed E-state index contributed by atoms with van der Waals surface area (Å²) in [4.78, 5) is 25.8. The SMILES string of the molecule is C=C(C)[C@@H]1CC[C@]2(NCCC3(O)CCN(C(C)=O)CC3)CC[C@]3(C)[C@H](CC[C@@H]4C(C)(C)[C@H](C(C)(C)/C(=C\C)C5=CC[C@](CF)(C(=O)O)CC5)CC[C@]43C)[C@@H]12. The monoisotopic (exact) mass is 751 g/mol. The third kappa shape index (κ3) is 6.49. The van der Waals surface area contributed by atoms with Gasteiger partial charge in [-0.2, -0.15) is 0 Å². The highest BCUT2D eigenvalue weighted by Crippen LogP contribution is 2.75. The van der Waals surface area contributed by atoms with Crippen molar-refractivity contribution in [2.75, 3.05) is 26.3 Å². The van der Waals surface area contributed by atoms with Crippen LogP contribution in [0.5, 0.6) is 0 Å². The lowest BCUT2D eigenvalue weighted by atomic mass is 9.34. The van der Waals surface area contributed by atoms with Crippen molar-refractivity contribution >= 4 is 11.9 Å². The second-order valence-corrected chi connectivity index (χ2v) is 21.1. The van der Waals surface area contributed by atoms with Crippen LogP contribution in [-0.4, -0.2) is 64.4 Å². The highest BCUT2D eigenvalue weighted by Gasteiger charge is 2.69. The molecule has 304 valence electrons. The average molecular weight is 751 g/mol. The lowest BCUT2D eigenvalue weighted by molar-refractivity contribution is -0.215. The summed E-state index contributed by atoms with van der Waals surface area (Å²) in [5.74, 6) is 1.84. The van der Waals surface area contributed by atoms with Gasteiger partial charge in [-0.05, 0) is 173 Å². The molecule has 0 spiro atoms. The lowest BCUT2D eigenvalue weighted by Gasteiger charge is -2.71. The molecule has 5 fully saturated rings. The normalized spacial score (nSPS) is 40.6. The van der Waals surface area contributed by atoms with Crippen LogP contribution in [0.25, 0.3) is 0 Å². The molecule has 0 aromatic heterocycles. The number of aliphatic hydroxyl groups is 1. The van der Waals surface area contributed by atoms with E-state index in [1.807, 2.05) is 4.90 Å². The number of carbonyl (C=O) groups excluding carboxylic acids is 1. The molecule has 0 aromatic carbocycles. The first-order valence-electron chi connectivity index (χ1n) is 21.7. The number of nitrogens with one attached hydrogen (secondary N) is 1. The number of hydrogen-bond acceptors (Lipinski definition) is 4. The molecule has 5 aliphatic carbocycles. The Labute approximate surface area is 327 Å². The fraction of sp³-hybridized carbons (Fsp3) is 0.830. The van der Waals surface area contributed by atoms with Gasteiger partial charge in [-0.25, -0.2) is 4.39 Å². The molecule has 1 heterocycles. The summed E-state index contributed by atoms with van der Waals surface area (Å²) in [7, 11) is 0. The maximum atomic E-state index is 14.0. The van der Waals surface area contributed by atoms with E-state index in [-0.39, 0.29) is 39.5 Å². The zero-order valence-corrected chi connectivity index (χ0v) is 35.5. The van der Waals surface area contributed by atoms with Crippen LogP contribution in [0.4, 0.5) is 4.39 Å².